The molecule has 1 saturated carbocycles. The van der Waals surface area contributed by atoms with Crippen molar-refractivity contribution in [1.29, 1.82) is 0 Å². The van der Waals surface area contributed by atoms with Gasteiger partial charge in [0.1, 0.15) is 0 Å². The third-order valence-corrected chi connectivity index (χ3v) is 7.24. The van der Waals surface area contributed by atoms with E-state index in [2.05, 4.69) is 19.2 Å². The Morgan fingerprint density at radius 3 is 2.20 bits per heavy atom. The lowest BCUT2D eigenvalue weighted by Gasteiger charge is -2.38. The van der Waals surface area contributed by atoms with E-state index in [4.69, 9.17) is 0 Å². The van der Waals surface area contributed by atoms with Gasteiger partial charge in [0.25, 0.3) is 0 Å². The summed E-state index contributed by atoms with van der Waals surface area (Å²) in [7, 11) is -1.30. The molecule has 4 nitrogen and oxygen atoms in total. The van der Waals surface area contributed by atoms with E-state index in [0.29, 0.717) is 17.1 Å². The Bertz CT molecular complexity index is 404. The minimum absolute atomic E-state index is 0.217. The van der Waals surface area contributed by atoms with Gasteiger partial charge < -0.3 is 5.32 Å². The number of piperidine rings is 1. The zero-order valence-corrected chi connectivity index (χ0v) is 14.0. The molecular formula is C15H30N2O2S. The second-order valence-electron chi connectivity index (χ2n) is 7.38. The largest absolute Gasteiger partial charge is 0.317 e. The van der Waals surface area contributed by atoms with Crippen molar-refractivity contribution in [2.24, 2.45) is 11.3 Å². The fourth-order valence-corrected chi connectivity index (χ4v) is 5.27. The quantitative estimate of drug-likeness (QED) is 0.866. The van der Waals surface area contributed by atoms with Crippen LogP contribution in [0.5, 0.6) is 0 Å². The highest BCUT2D eigenvalue weighted by atomic mass is 32.2. The first-order valence-electron chi connectivity index (χ1n) is 7.97. The van der Waals surface area contributed by atoms with E-state index in [9.17, 15) is 8.42 Å². The van der Waals surface area contributed by atoms with E-state index in [0.717, 1.165) is 51.6 Å². The Hall–Kier alpha value is -0.130. The van der Waals surface area contributed by atoms with Crippen LogP contribution in [-0.4, -0.2) is 44.7 Å². The number of hydrogen-bond donors (Lipinski definition) is 1. The zero-order valence-electron chi connectivity index (χ0n) is 13.2. The third kappa shape index (κ3) is 4.18. The van der Waals surface area contributed by atoms with E-state index >= 15 is 0 Å². The van der Waals surface area contributed by atoms with Crippen molar-refractivity contribution in [2.45, 2.75) is 58.4 Å². The van der Waals surface area contributed by atoms with Crippen LogP contribution in [0.2, 0.25) is 0 Å². The molecule has 2 aliphatic rings. The number of hydrogen-bond acceptors (Lipinski definition) is 3. The Balaban J connectivity index is 1.91. The predicted octanol–water partition coefficient (Wildman–Crippen LogP) is 2.22. The normalized spacial score (nSPS) is 26.0. The van der Waals surface area contributed by atoms with Crippen LogP contribution < -0.4 is 5.32 Å². The maximum Gasteiger partial charge on any atom is 0.214 e. The van der Waals surface area contributed by atoms with Crippen molar-refractivity contribution < 1.29 is 8.42 Å². The van der Waals surface area contributed by atoms with Crippen LogP contribution in [0.15, 0.2) is 0 Å². The van der Waals surface area contributed by atoms with E-state index in [1.807, 2.05) is 0 Å². The first kappa shape index (κ1) is 16.2. The molecule has 0 aromatic heterocycles. The van der Waals surface area contributed by atoms with Gasteiger partial charge in [-0.3, -0.25) is 0 Å². The summed E-state index contributed by atoms with van der Waals surface area (Å²) >= 11 is 0. The number of nitrogens with one attached hydrogen (secondary N) is 1. The minimum Gasteiger partial charge on any atom is -0.317 e. The van der Waals surface area contributed by atoms with Gasteiger partial charge in [0.15, 0.2) is 0 Å². The van der Waals surface area contributed by atoms with Gasteiger partial charge in [0, 0.05) is 13.1 Å². The number of rotatable bonds is 4. The molecule has 1 N–H and O–H groups in total. The highest BCUT2D eigenvalue weighted by Gasteiger charge is 2.34. The van der Waals surface area contributed by atoms with Crippen LogP contribution in [0, 0.1) is 11.3 Å². The van der Waals surface area contributed by atoms with Crippen LogP contribution in [0.3, 0.4) is 0 Å². The van der Waals surface area contributed by atoms with Gasteiger partial charge in [-0.05, 0) is 62.9 Å². The van der Waals surface area contributed by atoms with E-state index in [-0.39, 0.29) is 6.04 Å². The summed E-state index contributed by atoms with van der Waals surface area (Å²) in [6, 6.07) is 0.217. The topological polar surface area (TPSA) is 49.4 Å². The van der Waals surface area contributed by atoms with Gasteiger partial charge in [-0.25, -0.2) is 12.7 Å². The third-order valence-electron chi connectivity index (χ3n) is 5.17. The van der Waals surface area contributed by atoms with Crippen LogP contribution in [-0.2, 0) is 10.0 Å². The first-order valence-corrected chi connectivity index (χ1v) is 9.57. The van der Waals surface area contributed by atoms with Gasteiger partial charge in [0.2, 0.25) is 10.0 Å². The summed E-state index contributed by atoms with van der Waals surface area (Å²) in [5, 5.41) is 3.29. The molecule has 1 heterocycles. The molecule has 0 bridgehead atoms. The summed E-state index contributed by atoms with van der Waals surface area (Å²) in [6.07, 6.45) is 6.26. The minimum atomic E-state index is -3.09. The van der Waals surface area contributed by atoms with E-state index in [1.54, 1.807) is 11.4 Å². The SMILES string of the molecule is CN(C1CCC(C)(C)CC1)S(=O)(=O)CC1CCNCC1. The second-order valence-corrected chi connectivity index (χ2v) is 9.46. The molecule has 0 aromatic carbocycles. The van der Waals surface area contributed by atoms with E-state index < -0.39 is 10.0 Å². The fourth-order valence-electron chi connectivity index (χ4n) is 3.44. The Morgan fingerprint density at radius 2 is 1.65 bits per heavy atom. The number of sulfonamides is 1. The summed E-state index contributed by atoms with van der Waals surface area (Å²) in [5.74, 6) is 0.675. The molecule has 0 atom stereocenters. The average molecular weight is 302 g/mol. The molecule has 1 aliphatic heterocycles. The molecule has 1 saturated heterocycles. The van der Waals surface area contributed by atoms with Gasteiger partial charge in [-0.2, -0.15) is 0 Å². The molecule has 2 rings (SSSR count). The molecule has 0 unspecified atom stereocenters. The number of nitrogens with zero attached hydrogens (tertiary/aromatic N) is 1. The molecule has 0 aromatic rings. The first-order chi connectivity index (χ1) is 9.30. The Labute approximate surface area is 124 Å². The summed E-state index contributed by atoms with van der Waals surface area (Å²) in [6.45, 7) is 6.49. The van der Waals surface area contributed by atoms with Crippen molar-refractivity contribution >= 4 is 10.0 Å². The summed E-state index contributed by atoms with van der Waals surface area (Å²) in [5.41, 5.74) is 0.385. The molecule has 2 fully saturated rings. The average Bonchev–Trinajstić information content (AvgIpc) is 2.38. The summed E-state index contributed by atoms with van der Waals surface area (Å²) < 4.78 is 26.8. The Morgan fingerprint density at radius 1 is 1.10 bits per heavy atom. The molecular weight excluding hydrogens is 272 g/mol. The van der Waals surface area contributed by atoms with Crippen molar-refractivity contribution in [3.05, 3.63) is 0 Å². The van der Waals surface area contributed by atoms with Gasteiger partial charge in [-0.15, -0.1) is 0 Å². The maximum absolute atomic E-state index is 12.6. The van der Waals surface area contributed by atoms with Crippen molar-refractivity contribution in [1.82, 2.24) is 9.62 Å². The molecule has 5 heteroatoms. The molecule has 1 aliphatic carbocycles. The standard InChI is InChI=1S/C15H30N2O2S/c1-15(2)8-4-14(5-9-15)17(3)20(18,19)12-13-6-10-16-11-7-13/h13-14,16H,4-12H2,1-3H3. The smallest absolute Gasteiger partial charge is 0.214 e. The molecule has 0 amide bonds. The van der Waals surface area contributed by atoms with Crippen LogP contribution >= 0.6 is 0 Å². The van der Waals surface area contributed by atoms with Crippen LogP contribution in [0.25, 0.3) is 0 Å². The van der Waals surface area contributed by atoms with Crippen molar-refractivity contribution in [2.75, 3.05) is 25.9 Å². The van der Waals surface area contributed by atoms with Crippen LogP contribution in [0.1, 0.15) is 52.4 Å². The van der Waals surface area contributed by atoms with Gasteiger partial charge in [0.05, 0.1) is 5.75 Å². The second kappa shape index (κ2) is 6.32. The lowest BCUT2D eigenvalue weighted by atomic mass is 9.76. The summed E-state index contributed by atoms with van der Waals surface area (Å²) in [4.78, 5) is 0. The molecule has 0 spiro atoms. The highest BCUT2D eigenvalue weighted by Crippen LogP contribution is 2.37. The lowest BCUT2D eigenvalue weighted by molar-refractivity contribution is 0.173. The monoisotopic (exact) mass is 302 g/mol. The highest BCUT2D eigenvalue weighted by molar-refractivity contribution is 7.89. The Kier molecular flexibility index (Phi) is 5.14. The van der Waals surface area contributed by atoms with Crippen molar-refractivity contribution in [3.8, 4) is 0 Å². The van der Waals surface area contributed by atoms with E-state index in [1.165, 1.54) is 0 Å². The van der Waals surface area contributed by atoms with Crippen molar-refractivity contribution in [3.63, 3.8) is 0 Å². The predicted molar refractivity (Wildman–Crippen MR) is 83.2 cm³/mol. The lowest BCUT2D eigenvalue weighted by Crippen LogP contribution is -2.43. The van der Waals surface area contributed by atoms with Gasteiger partial charge >= 0.3 is 0 Å². The molecule has 20 heavy (non-hydrogen) atoms. The maximum atomic E-state index is 12.6. The van der Waals surface area contributed by atoms with Crippen LogP contribution in [0.4, 0.5) is 0 Å². The fraction of sp³-hybridized carbons (Fsp3) is 1.00. The molecule has 0 radical (unpaired) electrons. The zero-order chi connectivity index (χ0) is 14.8. The molecule has 118 valence electrons. The van der Waals surface area contributed by atoms with Gasteiger partial charge in [-0.1, -0.05) is 13.8 Å².